The third-order valence-corrected chi connectivity index (χ3v) is 5.33. The monoisotopic (exact) mass is 396 g/mol. The number of amides is 1. The molecule has 0 aliphatic carbocycles. The first-order valence-electron chi connectivity index (χ1n) is 10.2. The van der Waals surface area contributed by atoms with Gasteiger partial charge >= 0.3 is 0 Å². The SMILES string of the molecule is COc1ccccc1/C=C/CN1CCC[C@@H](CCC(=O)Nc2ccccc2F)C1. The minimum absolute atomic E-state index is 0.122. The van der Waals surface area contributed by atoms with Gasteiger partial charge in [0.2, 0.25) is 5.91 Å². The lowest BCUT2D eigenvalue weighted by molar-refractivity contribution is -0.116. The van der Waals surface area contributed by atoms with Crippen LogP contribution in [-0.4, -0.2) is 37.6 Å². The molecule has 3 rings (SSSR count). The maximum atomic E-state index is 13.6. The molecule has 0 aromatic heterocycles. The molecule has 0 unspecified atom stereocenters. The fourth-order valence-electron chi connectivity index (χ4n) is 3.80. The number of para-hydroxylation sites is 2. The van der Waals surface area contributed by atoms with Crippen molar-refractivity contribution in [2.75, 3.05) is 32.1 Å². The molecule has 0 radical (unpaired) electrons. The lowest BCUT2D eigenvalue weighted by Crippen LogP contribution is -2.35. The number of halogens is 1. The van der Waals surface area contributed by atoms with Gasteiger partial charge in [0, 0.05) is 25.1 Å². The molecule has 1 aliphatic rings. The average Bonchev–Trinajstić information content (AvgIpc) is 2.75. The number of hydrogen-bond acceptors (Lipinski definition) is 3. The summed E-state index contributed by atoms with van der Waals surface area (Å²) in [5.74, 6) is 0.853. The highest BCUT2D eigenvalue weighted by atomic mass is 19.1. The van der Waals surface area contributed by atoms with E-state index in [2.05, 4.69) is 22.4 Å². The lowest BCUT2D eigenvalue weighted by Gasteiger charge is -2.31. The van der Waals surface area contributed by atoms with Crippen molar-refractivity contribution in [1.29, 1.82) is 0 Å². The Morgan fingerprint density at radius 1 is 1.24 bits per heavy atom. The number of carbonyl (C=O) groups excluding carboxylic acids is 1. The van der Waals surface area contributed by atoms with Crippen LogP contribution in [0.25, 0.3) is 6.08 Å². The van der Waals surface area contributed by atoms with Crippen molar-refractivity contribution in [3.63, 3.8) is 0 Å². The molecule has 0 spiro atoms. The predicted octanol–water partition coefficient (Wildman–Crippen LogP) is 4.98. The van der Waals surface area contributed by atoms with Gasteiger partial charge in [-0.3, -0.25) is 9.69 Å². The van der Waals surface area contributed by atoms with Crippen LogP contribution in [-0.2, 0) is 4.79 Å². The van der Waals surface area contributed by atoms with Gasteiger partial charge in [-0.25, -0.2) is 4.39 Å². The van der Waals surface area contributed by atoms with Crippen molar-refractivity contribution in [2.45, 2.75) is 25.7 Å². The summed E-state index contributed by atoms with van der Waals surface area (Å²) in [6.07, 6.45) is 7.80. The number of methoxy groups -OCH3 is 1. The number of carbonyl (C=O) groups is 1. The summed E-state index contributed by atoms with van der Waals surface area (Å²) in [6.45, 7) is 2.95. The second kappa shape index (κ2) is 10.8. The summed E-state index contributed by atoms with van der Waals surface area (Å²) in [5, 5.41) is 2.67. The molecule has 1 amide bonds. The average molecular weight is 397 g/mol. The fraction of sp³-hybridized carbons (Fsp3) is 0.375. The molecule has 154 valence electrons. The topological polar surface area (TPSA) is 41.6 Å². The zero-order valence-corrected chi connectivity index (χ0v) is 16.9. The highest BCUT2D eigenvalue weighted by molar-refractivity contribution is 5.90. The molecule has 0 bridgehead atoms. The minimum Gasteiger partial charge on any atom is -0.496 e. The molecule has 1 N–H and O–H groups in total. The van der Waals surface area contributed by atoms with Gasteiger partial charge in [0.05, 0.1) is 12.8 Å². The number of anilines is 1. The van der Waals surface area contributed by atoms with E-state index in [-0.39, 0.29) is 11.6 Å². The van der Waals surface area contributed by atoms with Crippen LogP contribution in [0.2, 0.25) is 0 Å². The fourth-order valence-corrected chi connectivity index (χ4v) is 3.80. The Balaban J connectivity index is 1.44. The van der Waals surface area contributed by atoms with E-state index in [0.717, 1.165) is 50.2 Å². The van der Waals surface area contributed by atoms with Crippen LogP contribution in [0, 0.1) is 11.7 Å². The van der Waals surface area contributed by atoms with E-state index in [1.807, 2.05) is 24.3 Å². The normalized spacial score (nSPS) is 17.4. The molecule has 0 saturated carbocycles. The molecule has 1 atom stereocenters. The third kappa shape index (κ3) is 6.43. The summed E-state index contributed by atoms with van der Waals surface area (Å²) in [7, 11) is 1.68. The summed E-state index contributed by atoms with van der Waals surface area (Å²) in [4.78, 5) is 14.6. The van der Waals surface area contributed by atoms with E-state index in [1.54, 1.807) is 25.3 Å². The first-order valence-corrected chi connectivity index (χ1v) is 10.2. The molecule has 2 aromatic rings. The Bertz CT molecular complexity index is 837. The number of nitrogens with one attached hydrogen (secondary N) is 1. The number of benzene rings is 2. The molecule has 4 nitrogen and oxygen atoms in total. The molecule has 1 heterocycles. The first-order chi connectivity index (χ1) is 14.2. The molecule has 5 heteroatoms. The molecule has 2 aromatic carbocycles. The van der Waals surface area contributed by atoms with Crippen LogP contribution in [0.4, 0.5) is 10.1 Å². The van der Waals surface area contributed by atoms with E-state index < -0.39 is 5.82 Å². The van der Waals surface area contributed by atoms with Crippen molar-refractivity contribution in [2.24, 2.45) is 5.92 Å². The van der Waals surface area contributed by atoms with Crippen molar-refractivity contribution < 1.29 is 13.9 Å². The highest BCUT2D eigenvalue weighted by Crippen LogP contribution is 2.23. The first kappa shape index (κ1) is 21.1. The van der Waals surface area contributed by atoms with E-state index >= 15 is 0 Å². The summed E-state index contributed by atoms with van der Waals surface area (Å²) in [5.41, 5.74) is 1.33. The Labute approximate surface area is 172 Å². The number of nitrogens with zero attached hydrogens (tertiary/aromatic N) is 1. The predicted molar refractivity (Wildman–Crippen MR) is 115 cm³/mol. The van der Waals surface area contributed by atoms with E-state index in [1.165, 1.54) is 6.07 Å². The van der Waals surface area contributed by atoms with Gasteiger partial charge in [-0.05, 0) is 49.9 Å². The quantitative estimate of drug-likeness (QED) is 0.684. The van der Waals surface area contributed by atoms with Gasteiger partial charge in [0.25, 0.3) is 0 Å². The van der Waals surface area contributed by atoms with E-state index in [0.29, 0.717) is 12.3 Å². The second-order valence-electron chi connectivity index (χ2n) is 7.48. The third-order valence-electron chi connectivity index (χ3n) is 5.33. The smallest absolute Gasteiger partial charge is 0.224 e. The zero-order valence-electron chi connectivity index (χ0n) is 16.9. The Kier molecular flexibility index (Phi) is 7.82. The van der Waals surface area contributed by atoms with Crippen LogP contribution in [0.5, 0.6) is 5.75 Å². The number of ether oxygens (including phenoxy) is 1. The lowest BCUT2D eigenvalue weighted by atomic mass is 9.93. The molecule has 1 saturated heterocycles. The molecule has 29 heavy (non-hydrogen) atoms. The summed E-state index contributed by atoms with van der Waals surface area (Å²) >= 11 is 0. The van der Waals surface area contributed by atoms with Crippen molar-refractivity contribution in [3.05, 3.63) is 66.0 Å². The minimum atomic E-state index is -0.397. The Morgan fingerprint density at radius 2 is 2.03 bits per heavy atom. The summed E-state index contributed by atoms with van der Waals surface area (Å²) in [6, 6.07) is 14.3. The number of hydrogen-bond donors (Lipinski definition) is 1. The molecular formula is C24H29FN2O2. The summed E-state index contributed by atoms with van der Waals surface area (Å²) < 4.78 is 19.0. The molecule has 1 aliphatic heterocycles. The van der Waals surface area contributed by atoms with Gasteiger partial charge in [-0.2, -0.15) is 0 Å². The van der Waals surface area contributed by atoms with Crippen molar-refractivity contribution in [3.8, 4) is 5.75 Å². The second-order valence-corrected chi connectivity index (χ2v) is 7.48. The van der Waals surface area contributed by atoms with Crippen LogP contribution in [0.3, 0.4) is 0 Å². The van der Waals surface area contributed by atoms with Gasteiger partial charge < -0.3 is 10.1 Å². The standard InChI is InChI=1S/C24H29FN2O2/c1-29-23-13-5-2-9-20(23)10-7-17-27-16-6-8-19(18-27)14-15-24(28)26-22-12-4-3-11-21(22)25/h2-5,7,9-13,19H,6,8,14-18H2,1H3,(H,26,28)/b10-7+/t19-/m0/s1. The largest absolute Gasteiger partial charge is 0.496 e. The molecule has 1 fully saturated rings. The van der Waals surface area contributed by atoms with E-state index in [9.17, 15) is 9.18 Å². The van der Waals surface area contributed by atoms with Gasteiger partial charge in [0.15, 0.2) is 0 Å². The number of rotatable bonds is 8. The Hall–Kier alpha value is -2.66. The number of likely N-dealkylation sites (tertiary alicyclic amines) is 1. The molecular weight excluding hydrogens is 367 g/mol. The van der Waals surface area contributed by atoms with Crippen LogP contribution in [0.1, 0.15) is 31.2 Å². The zero-order chi connectivity index (χ0) is 20.5. The van der Waals surface area contributed by atoms with Crippen LogP contribution < -0.4 is 10.1 Å². The van der Waals surface area contributed by atoms with Crippen molar-refractivity contribution >= 4 is 17.7 Å². The maximum absolute atomic E-state index is 13.6. The maximum Gasteiger partial charge on any atom is 0.224 e. The van der Waals surface area contributed by atoms with Gasteiger partial charge in [-0.15, -0.1) is 0 Å². The van der Waals surface area contributed by atoms with Crippen LogP contribution >= 0.6 is 0 Å². The van der Waals surface area contributed by atoms with Gasteiger partial charge in [0.1, 0.15) is 11.6 Å². The number of piperidine rings is 1. The van der Waals surface area contributed by atoms with Crippen molar-refractivity contribution in [1.82, 2.24) is 4.90 Å². The van der Waals surface area contributed by atoms with Gasteiger partial charge in [-0.1, -0.05) is 42.5 Å². The highest BCUT2D eigenvalue weighted by Gasteiger charge is 2.20. The Morgan fingerprint density at radius 3 is 2.86 bits per heavy atom. The van der Waals surface area contributed by atoms with E-state index in [4.69, 9.17) is 4.74 Å². The van der Waals surface area contributed by atoms with Crippen LogP contribution in [0.15, 0.2) is 54.6 Å².